The third-order valence-corrected chi connectivity index (χ3v) is 5.91. The molecule has 1 N–H and O–H groups in total. The van der Waals surface area contributed by atoms with E-state index >= 15 is 0 Å². The first-order chi connectivity index (χ1) is 14.6. The fraction of sp³-hybridized carbons (Fsp3) is 0.182. The van der Waals surface area contributed by atoms with E-state index in [0.29, 0.717) is 23.3 Å². The van der Waals surface area contributed by atoms with Crippen molar-refractivity contribution < 1.29 is 13.9 Å². The molecule has 0 saturated carbocycles. The van der Waals surface area contributed by atoms with E-state index in [1.807, 2.05) is 19.9 Å². The Labute approximate surface area is 175 Å². The second-order valence-electron chi connectivity index (χ2n) is 7.05. The van der Waals surface area contributed by atoms with Gasteiger partial charge in [0.2, 0.25) is 5.88 Å². The van der Waals surface area contributed by atoms with Gasteiger partial charge in [0.1, 0.15) is 17.6 Å². The number of hydrogen-bond donors (Lipinski definition) is 1. The van der Waals surface area contributed by atoms with Gasteiger partial charge in [0.15, 0.2) is 11.6 Å². The fourth-order valence-electron chi connectivity index (χ4n) is 3.51. The highest BCUT2D eigenvalue weighted by atomic mass is 32.1. The van der Waals surface area contributed by atoms with Crippen LogP contribution in [0.2, 0.25) is 0 Å². The average Bonchev–Trinajstić information content (AvgIpc) is 3.45. The van der Waals surface area contributed by atoms with Crippen LogP contribution in [0.15, 0.2) is 48.2 Å². The van der Waals surface area contributed by atoms with Crippen LogP contribution in [0, 0.1) is 19.7 Å². The molecule has 0 aliphatic carbocycles. The molecule has 0 fully saturated rings. The summed E-state index contributed by atoms with van der Waals surface area (Å²) < 4.78 is 28.5. The smallest absolute Gasteiger partial charge is 0.247 e. The normalized spacial score (nSPS) is 11.4. The summed E-state index contributed by atoms with van der Waals surface area (Å²) in [5, 5.41) is 6.79. The van der Waals surface area contributed by atoms with Gasteiger partial charge >= 0.3 is 0 Å². The highest BCUT2D eigenvalue weighted by molar-refractivity contribution is 7.09. The van der Waals surface area contributed by atoms with Gasteiger partial charge in [-0.05, 0) is 43.5 Å². The molecule has 0 radical (unpaired) electrons. The van der Waals surface area contributed by atoms with Gasteiger partial charge in [-0.25, -0.2) is 8.91 Å². The van der Waals surface area contributed by atoms with Crippen LogP contribution >= 0.6 is 11.3 Å². The van der Waals surface area contributed by atoms with Crippen LogP contribution in [0.1, 0.15) is 16.1 Å². The molecular formula is C22H19FN4O2S. The lowest BCUT2D eigenvalue weighted by molar-refractivity contribution is 0.321. The highest BCUT2D eigenvalue weighted by Gasteiger charge is 2.18. The van der Waals surface area contributed by atoms with Crippen molar-refractivity contribution in [3.63, 3.8) is 0 Å². The molecule has 0 spiro atoms. The Morgan fingerprint density at radius 3 is 2.93 bits per heavy atom. The Kier molecular flexibility index (Phi) is 4.63. The number of ether oxygens (including phenoxy) is 2. The number of benzene rings is 1. The first-order valence-electron chi connectivity index (χ1n) is 9.54. The zero-order chi connectivity index (χ0) is 20.7. The quantitative estimate of drug-likeness (QED) is 0.396. The number of aryl methyl sites for hydroxylation is 2. The maximum atomic E-state index is 15.0. The SMILES string of the molecule is Cc1cc2c(F)c(Oc3ncnn4cc(OCCc5cccs5)c(C)c34)ccc2[nH]1. The maximum Gasteiger partial charge on any atom is 0.247 e. The van der Waals surface area contributed by atoms with E-state index in [1.165, 1.54) is 11.2 Å². The molecule has 4 heterocycles. The number of nitrogens with one attached hydrogen (secondary N) is 1. The largest absolute Gasteiger partial charge is 0.491 e. The van der Waals surface area contributed by atoms with Gasteiger partial charge < -0.3 is 14.5 Å². The van der Waals surface area contributed by atoms with E-state index in [2.05, 4.69) is 26.5 Å². The fourth-order valence-corrected chi connectivity index (χ4v) is 4.20. The summed E-state index contributed by atoms with van der Waals surface area (Å²) in [5.74, 6) is 0.670. The summed E-state index contributed by atoms with van der Waals surface area (Å²) in [4.78, 5) is 8.63. The number of fused-ring (bicyclic) bond motifs is 2. The predicted molar refractivity (Wildman–Crippen MR) is 114 cm³/mol. The molecule has 152 valence electrons. The van der Waals surface area contributed by atoms with Crippen molar-refractivity contribution in [1.82, 2.24) is 19.6 Å². The van der Waals surface area contributed by atoms with Gasteiger partial charge in [0.25, 0.3) is 0 Å². The lowest BCUT2D eigenvalue weighted by Gasteiger charge is -2.08. The Morgan fingerprint density at radius 2 is 2.10 bits per heavy atom. The molecule has 0 amide bonds. The van der Waals surface area contributed by atoms with Crippen LogP contribution < -0.4 is 9.47 Å². The van der Waals surface area contributed by atoms with Crippen molar-refractivity contribution in [3.8, 4) is 17.4 Å². The lowest BCUT2D eigenvalue weighted by atomic mass is 10.2. The molecule has 5 rings (SSSR count). The number of thiophene rings is 1. The molecule has 0 bridgehead atoms. The summed E-state index contributed by atoms with van der Waals surface area (Å²) in [6.45, 7) is 4.36. The van der Waals surface area contributed by atoms with Gasteiger partial charge in [0.05, 0.1) is 12.8 Å². The molecule has 4 aromatic heterocycles. The van der Waals surface area contributed by atoms with Crippen LogP contribution in [0.5, 0.6) is 17.4 Å². The molecule has 8 heteroatoms. The summed E-state index contributed by atoms with van der Waals surface area (Å²) in [5.41, 5.74) is 3.10. The molecule has 0 aliphatic rings. The minimum atomic E-state index is -0.426. The minimum Gasteiger partial charge on any atom is -0.491 e. The van der Waals surface area contributed by atoms with Crippen molar-refractivity contribution in [2.45, 2.75) is 20.3 Å². The average molecular weight is 422 g/mol. The number of halogens is 1. The molecule has 1 aromatic carbocycles. The van der Waals surface area contributed by atoms with Crippen molar-refractivity contribution >= 4 is 27.8 Å². The molecule has 30 heavy (non-hydrogen) atoms. The third kappa shape index (κ3) is 3.29. The predicted octanol–water partition coefficient (Wildman–Crippen LogP) is 5.44. The molecule has 0 saturated heterocycles. The molecule has 0 aliphatic heterocycles. The third-order valence-electron chi connectivity index (χ3n) is 4.98. The monoisotopic (exact) mass is 422 g/mol. The second-order valence-corrected chi connectivity index (χ2v) is 8.08. The van der Waals surface area contributed by atoms with E-state index in [9.17, 15) is 4.39 Å². The number of aromatic nitrogens is 4. The zero-order valence-corrected chi connectivity index (χ0v) is 17.3. The Balaban J connectivity index is 1.45. The van der Waals surface area contributed by atoms with Crippen LogP contribution in [-0.4, -0.2) is 26.2 Å². The van der Waals surface area contributed by atoms with E-state index < -0.39 is 5.82 Å². The van der Waals surface area contributed by atoms with Crippen LogP contribution in [0.3, 0.4) is 0 Å². The zero-order valence-electron chi connectivity index (χ0n) is 16.5. The van der Waals surface area contributed by atoms with Crippen LogP contribution in [-0.2, 0) is 6.42 Å². The number of rotatable bonds is 6. The second kappa shape index (κ2) is 7.46. The first kappa shape index (κ1) is 18.6. The number of H-pyrrole nitrogens is 1. The van der Waals surface area contributed by atoms with E-state index in [4.69, 9.17) is 9.47 Å². The number of aromatic amines is 1. The van der Waals surface area contributed by atoms with Crippen molar-refractivity contribution in [1.29, 1.82) is 0 Å². The highest BCUT2D eigenvalue weighted by Crippen LogP contribution is 2.34. The van der Waals surface area contributed by atoms with Crippen LogP contribution in [0.25, 0.3) is 16.4 Å². The van der Waals surface area contributed by atoms with Crippen molar-refractivity contribution in [3.05, 3.63) is 70.2 Å². The number of nitrogens with zero attached hydrogens (tertiary/aromatic N) is 3. The van der Waals surface area contributed by atoms with Crippen LogP contribution in [0.4, 0.5) is 4.39 Å². The topological polar surface area (TPSA) is 64.4 Å². The number of hydrogen-bond acceptors (Lipinski definition) is 5. The van der Waals surface area contributed by atoms with Gasteiger partial charge in [0, 0.05) is 33.5 Å². The molecule has 0 unspecified atom stereocenters. The molecule has 6 nitrogen and oxygen atoms in total. The standard InChI is InChI=1S/C22H19FN4O2S/c1-13-10-16-17(26-13)5-6-18(20(16)23)29-22-21-14(2)19(11-27(21)25-12-24-22)28-8-7-15-4-3-9-30-15/h3-6,9-12,26H,7-8H2,1-2H3. The summed E-state index contributed by atoms with van der Waals surface area (Å²) in [6, 6.07) is 9.27. The van der Waals surface area contributed by atoms with Gasteiger partial charge in [-0.2, -0.15) is 10.1 Å². The molecular weight excluding hydrogens is 403 g/mol. The van der Waals surface area contributed by atoms with Gasteiger partial charge in [-0.1, -0.05) is 6.07 Å². The molecule has 0 atom stereocenters. The summed E-state index contributed by atoms with van der Waals surface area (Å²) in [6.07, 6.45) is 4.01. The Morgan fingerprint density at radius 1 is 1.20 bits per heavy atom. The maximum absolute atomic E-state index is 15.0. The first-order valence-corrected chi connectivity index (χ1v) is 10.4. The van der Waals surface area contributed by atoms with E-state index in [-0.39, 0.29) is 11.6 Å². The Bertz CT molecular complexity index is 1340. The molecule has 5 aromatic rings. The van der Waals surface area contributed by atoms with Crippen molar-refractivity contribution in [2.75, 3.05) is 6.61 Å². The summed E-state index contributed by atoms with van der Waals surface area (Å²) >= 11 is 1.71. The van der Waals surface area contributed by atoms with Gasteiger partial charge in [-0.15, -0.1) is 11.3 Å². The lowest BCUT2D eigenvalue weighted by Crippen LogP contribution is -2.00. The van der Waals surface area contributed by atoms with E-state index in [0.717, 1.165) is 23.2 Å². The Hall–Kier alpha value is -3.39. The van der Waals surface area contributed by atoms with E-state index in [1.54, 1.807) is 40.2 Å². The van der Waals surface area contributed by atoms with Crippen molar-refractivity contribution in [2.24, 2.45) is 0 Å². The summed E-state index contributed by atoms with van der Waals surface area (Å²) in [7, 11) is 0. The van der Waals surface area contributed by atoms with Gasteiger partial charge in [-0.3, -0.25) is 0 Å². The minimum absolute atomic E-state index is 0.114.